The summed E-state index contributed by atoms with van der Waals surface area (Å²) in [4.78, 5) is 41.0. The zero-order chi connectivity index (χ0) is 27.8. The lowest BCUT2D eigenvalue weighted by molar-refractivity contribution is 0.0688. The number of primary amides is 2. The van der Waals surface area contributed by atoms with Gasteiger partial charge in [-0.15, -0.1) is 0 Å². The van der Waals surface area contributed by atoms with Crippen molar-refractivity contribution in [3.8, 4) is 22.6 Å². The van der Waals surface area contributed by atoms with Crippen molar-refractivity contribution in [1.82, 2.24) is 19.9 Å². The second-order valence-electron chi connectivity index (χ2n) is 8.55. The molecule has 0 bridgehead atoms. The van der Waals surface area contributed by atoms with Crippen LogP contribution in [0.3, 0.4) is 0 Å². The minimum Gasteiger partial charge on any atom is -0.382 e. The van der Waals surface area contributed by atoms with Crippen LogP contribution in [-0.2, 0) is 5.60 Å². The number of pyridine rings is 2. The van der Waals surface area contributed by atoms with Crippen LogP contribution in [-0.4, -0.2) is 37.0 Å². The van der Waals surface area contributed by atoms with Crippen molar-refractivity contribution in [1.29, 1.82) is 0 Å². The molecule has 0 radical (unpaired) electrons. The summed E-state index contributed by atoms with van der Waals surface area (Å²) in [5, 5.41) is 10.2. The lowest BCUT2D eigenvalue weighted by atomic mass is 10.0. The Balaban J connectivity index is 1.91. The van der Waals surface area contributed by atoms with Gasteiger partial charge in [0.1, 0.15) is 28.6 Å². The average molecular weight is 523 g/mol. The van der Waals surface area contributed by atoms with Crippen molar-refractivity contribution in [2.24, 2.45) is 11.5 Å². The van der Waals surface area contributed by atoms with Crippen molar-refractivity contribution in [2.45, 2.75) is 19.4 Å². The number of amides is 3. The van der Waals surface area contributed by atoms with Gasteiger partial charge in [-0.05, 0) is 56.3 Å². The SMILES string of the molecule is CC(C)(O)c1nccc(-c2ncc(F)c(N(C(N)=O)c3ccc(C(N)=O)c(-c4ccc(F)cc4)n3)c2F)n1. The first kappa shape index (κ1) is 26.2. The maximum absolute atomic E-state index is 15.8. The second-order valence-corrected chi connectivity index (χ2v) is 8.55. The summed E-state index contributed by atoms with van der Waals surface area (Å²) in [6.07, 6.45) is 1.92. The van der Waals surface area contributed by atoms with E-state index in [1.807, 2.05) is 0 Å². The molecule has 0 fully saturated rings. The number of hydrogen-bond acceptors (Lipinski definition) is 7. The van der Waals surface area contributed by atoms with Crippen molar-refractivity contribution >= 4 is 23.4 Å². The lowest BCUT2D eigenvalue weighted by Crippen LogP contribution is -2.34. The molecule has 0 saturated carbocycles. The highest BCUT2D eigenvalue weighted by Gasteiger charge is 2.29. The fourth-order valence-corrected chi connectivity index (χ4v) is 3.56. The molecule has 0 aliphatic heterocycles. The number of rotatable bonds is 6. The van der Waals surface area contributed by atoms with Crippen LogP contribution in [0.15, 0.2) is 54.9 Å². The Bertz CT molecular complexity index is 1560. The third kappa shape index (κ3) is 4.99. The van der Waals surface area contributed by atoms with E-state index in [1.54, 1.807) is 0 Å². The third-order valence-corrected chi connectivity index (χ3v) is 5.33. The van der Waals surface area contributed by atoms with Gasteiger partial charge in [0.25, 0.3) is 5.91 Å². The molecule has 0 unspecified atom stereocenters. The molecule has 194 valence electrons. The van der Waals surface area contributed by atoms with Crippen LogP contribution >= 0.6 is 0 Å². The van der Waals surface area contributed by atoms with Gasteiger partial charge in [-0.25, -0.2) is 42.8 Å². The Labute approximate surface area is 213 Å². The van der Waals surface area contributed by atoms with Gasteiger partial charge in [0.2, 0.25) is 0 Å². The number of carbonyl (C=O) groups excluding carboxylic acids is 2. The van der Waals surface area contributed by atoms with Crippen LogP contribution < -0.4 is 16.4 Å². The summed E-state index contributed by atoms with van der Waals surface area (Å²) < 4.78 is 44.3. The normalized spacial score (nSPS) is 11.3. The number of halogens is 3. The minimum atomic E-state index is -1.47. The summed E-state index contributed by atoms with van der Waals surface area (Å²) in [5.41, 5.74) is 8.04. The highest BCUT2D eigenvalue weighted by atomic mass is 19.1. The molecular weight excluding hydrogens is 503 g/mol. The van der Waals surface area contributed by atoms with Gasteiger partial charge in [-0.1, -0.05) is 0 Å². The van der Waals surface area contributed by atoms with Crippen LogP contribution in [0, 0.1) is 17.5 Å². The van der Waals surface area contributed by atoms with Crippen LogP contribution in [0.1, 0.15) is 30.0 Å². The number of nitrogens with zero attached hydrogens (tertiary/aromatic N) is 5. The molecule has 3 amide bonds. The summed E-state index contributed by atoms with van der Waals surface area (Å²) in [6, 6.07) is 7.11. The van der Waals surface area contributed by atoms with E-state index in [1.165, 1.54) is 44.3 Å². The van der Waals surface area contributed by atoms with Crippen LogP contribution in [0.4, 0.5) is 29.5 Å². The maximum Gasteiger partial charge on any atom is 0.325 e. The summed E-state index contributed by atoms with van der Waals surface area (Å²) >= 11 is 0. The van der Waals surface area contributed by atoms with Crippen molar-refractivity contribution < 1.29 is 27.9 Å². The third-order valence-electron chi connectivity index (χ3n) is 5.33. The average Bonchev–Trinajstić information content (AvgIpc) is 2.86. The first-order valence-corrected chi connectivity index (χ1v) is 10.9. The number of hydrogen-bond donors (Lipinski definition) is 3. The molecule has 0 saturated heterocycles. The Morgan fingerprint density at radius 1 is 0.921 bits per heavy atom. The van der Waals surface area contributed by atoms with Crippen molar-refractivity contribution in [3.63, 3.8) is 0 Å². The highest BCUT2D eigenvalue weighted by molar-refractivity contribution is 6.02. The first-order chi connectivity index (χ1) is 17.9. The Morgan fingerprint density at radius 3 is 2.21 bits per heavy atom. The quantitative estimate of drug-likeness (QED) is 0.348. The molecule has 3 heterocycles. The van der Waals surface area contributed by atoms with Gasteiger partial charge in [-0.2, -0.15) is 0 Å². The zero-order valence-corrected chi connectivity index (χ0v) is 20.0. The van der Waals surface area contributed by atoms with E-state index >= 15 is 8.78 Å². The van der Waals surface area contributed by atoms with Gasteiger partial charge in [0.05, 0.1) is 23.1 Å². The van der Waals surface area contributed by atoms with Gasteiger partial charge in [0.15, 0.2) is 17.5 Å². The molecule has 4 aromatic rings. The van der Waals surface area contributed by atoms with Crippen molar-refractivity contribution in [3.05, 3.63) is 83.7 Å². The topological polar surface area (TPSA) is 161 Å². The molecule has 0 spiro atoms. The molecule has 38 heavy (non-hydrogen) atoms. The van der Waals surface area contributed by atoms with E-state index in [4.69, 9.17) is 11.5 Å². The Hall–Kier alpha value is -4.91. The van der Waals surface area contributed by atoms with Gasteiger partial charge in [0, 0.05) is 11.8 Å². The highest BCUT2D eigenvalue weighted by Crippen LogP contribution is 2.35. The molecule has 0 aliphatic carbocycles. The molecule has 13 heteroatoms. The van der Waals surface area contributed by atoms with E-state index in [0.29, 0.717) is 11.1 Å². The number of anilines is 2. The van der Waals surface area contributed by atoms with Crippen LogP contribution in [0.2, 0.25) is 0 Å². The van der Waals surface area contributed by atoms with E-state index < -0.39 is 46.4 Å². The van der Waals surface area contributed by atoms with E-state index in [0.717, 1.165) is 18.2 Å². The van der Waals surface area contributed by atoms with E-state index in [9.17, 15) is 19.1 Å². The van der Waals surface area contributed by atoms with Crippen molar-refractivity contribution in [2.75, 3.05) is 4.90 Å². The summed E-state index contributed by atoms with van der Waals surface area (Å²) in [6.45, 7) is 2.84. The molecule has 1 aromatic carbocycles. The standard InChI is InChI=1S/C25H20F3N7O3/c1-25(2,38)23-31-10-9-16(33-23)20-18(28)21(15(27)11-32-20)35(24(30)37)17-8-7-14(22(29)36)19(34-17)12-3-5-13(26)6-4-12/h3-11,38H,1-2H3,(H2,29,36)(H2,30,37). The van der Waals surface area contributed by atoms with Gasteiger partial charge < -0.3 is 16.6 Å². The smallest absolute Gasteiger partial charge is 0.325 e. The number of carbonyl (C=O) groups is 2. The largest absolute Gasteiger partial charge is 0.382 e. The summed E-state index contributed by atoms with van der Waals surface area (Å²) in [5.74, 6) is -4.43. The monoisotopic (exact) mass is 523 g/mol. The minimum absolute atomic E-state index is 0.0542. The molecular formula is C25H20F3N7O3. The van der Waals surface area contributed by atoms with Gasteiger partial charge >= 0.3 is 6.03 Å². The number of aliphatic hydroxyl groups is 1. The first-order valence-electron chi connectivity index (χ1n) is 10.9. The van der Waals surface area contributed by atoms with E-state index in [-0.39, 0.29) is 34.2 Å². The van der Waals surface area contributed by atoms with Crippen LogP contribution in [0.5, 0.6) is 0 Å². The number of aromatic nitrogens is 4. The van der Waals surface area contributed by atoms with E-state index in [2.05, 4.69) is 19.9 Å². The predicted molar refractivity (Wildman–Crippen MR) is 130 cm³/mol. The lowest BCUT2D eigenvalue weighted by Gasteiger charge is -2.22. The Kier molecular flexibility index (Phi) is 6.79. The second kappa shape index (κ2) is 9.86. The molecule has 0 aliphatic rings. The number of urea groups is 1. The molecule has 10 nitrogen and oxygen atoms in total. The van der Waals surface area contributed by atoms with Gasteiger partial charge in [-0.3, -0.25) is 4.79 Å². The number of nitrogens with two attached hydrogens (primary N) is 2. The molecule has 4 rings (SSSR count). The maximum atomic E-state index is 15.8. The predicted octanol–water partition coefficient (Wildman–Crippen LogP) is 3.56. The molecule has 5 N–H and O–H groups in total. The fraction of sp³-hybridized carbons (Fsp3) is 0.120. The molecule has 0 atom stereocenters. The summed E-state index contributed by atoms with van der Waals surface area (Å²) in [7, 11) is 0. The fourth-order valence-electron chi connectivity index (χ4n) is 3.56. The Morgan fingerprint density at radius 2 is 1.61 bits per heavy atom. The number of benzene rings is 1. The van der Waals surface area contributed by atoms with Crippen LogP contribution in [0.25, 0.3) is 22.6 Å². The zero-order valence-electron chi connectivity index (χ0n) is 20.0. The molecule has 3 aromatic heterocycles.